The first-order valence-corrected chi connectivity index (χ1v) is 7.45. The molecule has 0 atom stereocenters. The predicted octanol–water partition coefficient (Wildman–Crippen LogP) is 2.73. The van der Waals surface area contributed by atoms with Crippen molar-refractivity contribution in [3.8, 4) is 0 Å². The second-order valence-corrected chi connectivity index (χ2v) is 5.94. The first-order chi connectivity index (χ1) is 10.4. The van der Waals surface area contributed by atoms with E-state index in [-0.39, 0.29) is 22.6 Å². The zero-order valence-electron chi connectivity index (χ0n) is 11.8. The molecule has 1 spiro atoms. The van der Waals surface area contributed by atoms with Crippen molar-refractivity contribution in [1.29, 1.82) is 0 Å². The second-order valence-electron chi connectivity index (χ2n) is 5.54. The van der Waals surface area contributed by atoms with Gasteiger partial charge in [-0.05, 0) is 31.7 Å². The largest absolute Gasteiger partial charge is 0.369 e. The maximum atomic E-state index is 14.3. The zero-order valence-corrected chi connectivity index (χ0v) is 12.6. The summed E-state index contributed by atoms with van der Waals surface area (Å²) in [5, 5.41) is -0.0729. The lowest BCUT2D eigenvalue weighted by Crippen LogP contribution is -2.58. The number of nitrogens with zero attached hydrogens (tertiary/aromatic N) is 3. The average Bonchev–Trinajstić information content (AvgIpc) is 2.41. The minimum atomic E-state index is -0.809. The number of halogens is 3. The van der Waals surface area contributed by atoms with E-state index in [0.29, 0.717) is 12.8 Å². The number of anilines is 1. The standard InChI is InChI=1S/C14H16ClF2N5/c15-9-6-8(16)7-10(17)11(9)22-13(19)20-12(18)21-14(22)4-2-1-3-5-14/h6-7H,1-5H2,(H4,18,19,20,21). The second kappa shape index (κ2) is 5.39. The molecule has 1 heterocycles. The summed E-state index contributed by atoms with van der Waals surface area (Å²) >= 11 is 6.06. The molecule has 0 unspecified atom stereocenters. The number of aliphatic imine (C=N–C) groups is 2. The van der Waals surface area contributed by atoms with Crippen LogP contribution in [-0.4, -0.2) is 17.6 Å². The Kier molecular flexibility index (Phi) is 3.68. The highest BCUT2D eigenvalue weighted by Crippen LogP contribution is 2.42. The molecule has 0 aromatic heterocycles. The summed E-state index contributed by atoms with van der Waals surface area (Å²) in [7, 11) is 0. The molecule has 3 rings (SSSR count). The molecule has 1 aliphatic heterocycles. The lowest BCUT2D eigenvalue weighted by molar-refractivity contribution is 0.304. The molecule has 0 bridgehead atoms. The summed E-state index contributed by atoms with van der Waals surface area (Å²) < 4.78 is 27.7. The van der Waals surface area contributed by atoms with Crippen LogP contribution < -0.4 is 16.4 Å². The molecule has 1 aliphatic carbocycles. The van der Waals surface area contributed by atoms with E-state index in [1.807, 2.05) is 0 Å². The van der Waals surface area contributed by atoms with Gasteiger partial charge in [0.2, 0.25) is 11.9 Å². The Balaban J connectivity index is 2.16. The lowest BCUT2D eigenvalue weighted by Gasteiger charge is -2.45. The highest BCUT2D eigenvalue weighted by atomic mass is 35.5. The van der Waals surface area contributed by atoms with Crippen LogP contribution in [0.25, 0.3) is 0 Å². The van der Waals surface area contributed by atoms with Gasteiger partial charge in [0.15, 0.2) is 5.82 Å². The number of rotatable bonds is 1. The van der Waals surface area contributed by atoms with Crippen LogP contribution >= 0.6 is 11.6 Å². The SMILES string of the molecule is NC1=NC2(CCCCC2)N(c2c(F)cc(F)cc2Cl)C(N)=N1. The topological polar surface area (TPSA) is 80.0 Å². The Bertz CT molecular complexity index is 644. The first-order valence-electron chi connectivity index (χ1n) is 7.07. The van der Waals surface area contributed by atoms with E-state index in [1.54, 1.807) is 0 Å². The van der Waals surface area contributed by atoms with Gasteiger partial charge in [0, 0.05) is 6.07 Å². The summed E-state index contributed by atoms with van der Waals surface area (Å²) in [6.45, 7) is 0. The predicted molar refractivity (Wildman–Crippen MR) is 82.9 cm³/mol. The Morgan fingerprint density at radius 2 is 1.82 bits per heavy atom. The summed E-state index contributed by atoms with van der Waals surface area (Å²) in [6.07, 6.45) is 4.16. The van der Waals surface area contributed by atoms with Gasteiger partial charge in [-0.2, -0.15) is 4.99 Å². The molecule has 0 radical (unpaired) electrons. The van der Waals surface area contributed by atoms with Gasteiger partial charge in [-0.15, -0.1) is 0 Å². The van der Waals surface area contributed by atoms with Crippen molar-refractivity contribution in [2.75, 3.05) is 4.90 Å². The highest BCUT2D eigenvalue weighted by molar-refractivity contribution is 6.34. The Morgan fingerprint density at radius 1 is 1.14 bits per heavy atom. The molecule has 5 nitrogen and oxygen atoms in total. The van der Waals surface area contributed by atoms with E-state index in [1.165, 1.54) is 4.90 Å². The van der Waals surface area contributed by atoms with Crippen molar-refractivity contribution in [1.82, 2.24) is 0 Å². The molecule has 1 aromatic carbocycles. The van der Waals surface area contributed by atoms with Crippen LogP contribution in [0.2, 0.25) is 5.02 Å². The van der Waals surface area contributed by atoms with Crippen molar-refractivity contribution >= 4 is 29.2 Å². The van der Waals surface area contributed by atoms with Crippen LogP contribution in [0.5, 0.6) is 0 Å². The van der Waals surface area contributed by atoms with Crippen molar-refractivity contribution in [2.45, 2.75) is 37.8 Å². The van der Waals surface area contributed by atoms with Crippen LogP contribution in [0.1, 0.15) is 32.1 Å². The molecule has 0 saturated heterocycles. The highest BCUT2D eigenvalue weighted by Gasteiger charge is 2.44. The van der Waals surface area contributed by atoms with E-state index in [4.69, 9.17) is 23.1 Å². The number of guanidine groups is 2. The van der Waals surface area contributed by atoms with E-state index < -0.39 is 17.3 Å². The Morgan fingerprint density at radius 3 is 2.45 bits per heavy atom. The normalized spacial score (nSPS) is 20.8. The van der Waals surface area contributed by atoms with Gasteiger partial charge in [0.25, 0.3) is 0 Å². The Labute approximate surface area is 131 Å². The van der Waals surface area contributed by atoms with Crippen LogP contribution in [0.4, 0.5) is 14.5 Å². The minimum Gasteiger partial charge on any atom is -0.369 e. The number of hydrogen-bond donors (Lipinski definition) is 2. The number of hydrogen-bond acceptors (Lipinski definition) is 5. The summed E-state index contributed by atoms with van der Waals surface area (Å²) in [4.78, 5) is 9.80. The molecule has 22 heavy (non-hydrogen) atoms. The molecule has 0 amide bonds. The molecule has 1 saturated carbocycles. The van der Waals surface area contributed by atoms with Gasteiger partial charge in [-0.1, -0.05) is 18.0 Å². The maximum absolute atomic E-state index is 14.3. The van der Waals surface area contributed by atoms with Gasteiger partial charge < -0.3 is 11.5 Å². The minimum absolute atomic E-state index is 0.0116. The summed E-state index contributed by atoms with van der Waals surface area (Å²) in [6, 6.07) is 1.82. The van der Waals surface area contributed by atoms with Crippen molar-refractivity contribution in [3.63, 3.8) is 0 Å². The molecule has 8 heteroatoms. The molecular weight excluding hydrogens is 312 g/mol. The molecule has 1 aromatic rings. The van der Waals surface area contributed by atoms with Gasteiger partial charge in [0.1, 0.15) is 17.2 Å². The van der Waals surface area contributed by atoms with Gasteiger partial charge in [-0.25, -0.2) is 13.8 Å². The fourth-order valence-corrected chi connectivity index (χ4v) is 3.47. The third-order valence-corrected chi connectivity index (χ3v) is 4.34. The van der Waals surface area contributed by atoms with Gasteiger partial charge in [-0.3, -0.25) is 4.90 Å². The van der Waals surface area contributed by atoms with Crippen molar-refractivity contribution in [2.24, 2.45) is 21.5 Å². The number of benzene rings is 1. The van der Waals surface area contributed by atoms with Gasteiger partial charge in [0.05, 0.1) is 5.02 Å². The van der Waals surface area contributed by atoms with Crippen molar-refractivity contribution in [3.05, 3.63) is 28.8 Å². The van der Waals surface area contributed by atoms with E-state index in [9.17, 15) is 8.78 Å². The monoisotopic (exact) mass is 327 g/mol. The quantitative estimate of drug-likeness (QED) is 0.832. The fraction of sp³-hybridized carbons (Fsp3) is 0.429. The molecule has 118 valence electrons. The van der Waals surface area contributed by atoms with Crippen LogP contribution in [0, 0.1) is 11.6 Å². The Hall–Kier alpha value is -1.89. The van der Waals surface area contributed by atoms with E-state index >= 15 is 0 Å². The third kappa shape index (κ3) is 2.39. The first kappa shape index (κ1) is 15.0. The summed E-state index contributed by atoms with van der Waals surface area (Å²) in [5.74, 6) is -1.47. The summed E-state index contributed by atoms with van der Waals surface area (Å²) in [5.41, 5.74) is 10.9. The number of nitrogens with two attached hydrogens (primary N) is 2. The van der Waals surface area contributed by atoms with Gasteiger partial charge >= 0.3 is 0 Å². The fourth-order valence-electron chi connectivity index (χ4n) is 3.19. The molecule has 4 N–H and O–H groups in total. The molecular formula is C14H16ClF2N5. The van der Waals surface area contributed by atoms with Crippen LogP contribution in [0.3, 0.4) is 0 Å². The molecule has 2 aliphatic rings. The van der Waals surface area contributed by atoms with E-state index in [0.717, 1.165) is 31.4 Å². The maximum Gasteiger partial charge on any atom is 0.220 e. The molecule has 1 fully saturated rings. The van der Waals surface area contributed by atoms with Crippen molar-refractivity contribution < 1.29 is 8.78 Å². The third-order valence-electron chi connectivity index (χ3n) is 4.06. The lowest BCUT2D eigenvalue weighted by atomic mass is 9.87. The average molecular weight is 328 g/mol. The van der Waals surface area contributed by atoms with Crippen LogP contribution in [-0.2, 0) is 0 Å². The van der Waals surface area contributed by atoms with E-state index in [2.05, 4.69) is 9.98 Å². The smallest absolute Gasteiger partial charge is 0.220 e. The van der Waals surface area contributed by atoms with Crippen LogP contribution in [0.15, 0.2) is 22.1 Å². The zero-order chi connectivity index (χ0) is 15.9.